The second-order valence-electron chi connectivity index (χ2n) is 5.30. The molecule has 1 aromatic carbocycles. The summed E-state index contributed by atoms with van der Waals surface area (Å²) in [5, 5.41) is 0. The van der Waals surface area contributed by atoms with E-state index in [1.54, 1.807) is 11.0 Å². The largest absolute Gasteiger partial charge is 0.454 e. The number of carbonyl (C=O) groups excluding carboxylic acids is 1. The van der Waals surface area contributed by atoms with Crippen LogP contribution in [0.25, 0.3) is 0 Å². The Morgan fingerprint density at radius 1 is 1.11 bits per heavy atom. The molecule has 2 heterocycles. The van der Waals surface area contributed by atoms with Crippen LogP contribution in [0.2, 0.25) is 0 Å². The molecule has 1 fully saturated rings. The maximum absolute atomic E-state index is 12.2. The van der Waals surface area contributed by atoms with Crippen molar-refractivity contribution in [2.45, 2.75) is 25.7 Å². The molecule has 0 spiro atoms. The van der Waals surface area contributed by atoms with Crippen molar-refractivity contribution >= 4 is 5.78 Å². The van der Waals surface area contributed by atoms with Crippen molar-refractivity contribution in [2.75, 3.05) is 26.4 Å². The standard InChI is InChI=1S/C15H19NO3/c17-13(6-9-16-7-2-1-3-8-16)12-4-5-14-15(10-12)19-11-18-14/h4-5,10H,1-3,6-9,11H2/p+1. The second kappa shape index (κ2) is 5.61. The van der Waals surface area contributed by atoms with Gasteiger partial charge in [0.15, 0.2) is 17.3 Å². The number of fused-ring (bicyclic) bond motifs is 1. The Balaban J connectivity index is 1.57. The van der Waals surface area contributed by atoms with Crippen LogP contribution in [-0.4, -0.2) is 32.2 Å². The molecule has 0 unspecified atom stereocenters. The fraction of sp³-hybridized carbons (Fsp3) is 0.533. The molecule has 3 rings (SSSR count). The smallest absolute Gasteiger partial charge is 0.231 e. The molecule has 102 valence electrons. The Hall–Kier alpha value is -1.55. The Bertz CT molecular complexity index is 466. The number of hydrogen-bond acceptors (Lipinski definition) is 3. The number of benzene rings is 1. The van der Waals surface area contributed by atoms with Gasteiger partial charge in [-0.2, -0.15) is 0 Å². The molecular formula is C15H20NO3+. The average molecular weight is 262 g/mol. The Morgan fingerprint density at radius 2 is 1.89 bits per heavy atom. The minimum Gasteiger partial charge on any atom is -0.454 e. The summed E-state index contributed by atoms with van der Waals surface area (Å²) in [6, 6.07) is 5.46. The maximum Gasteiger partial charge on any atom is 0.231 e. The van der Waals surface area contributed by atoms with Crippen molar-refractivity contribution in [3.63, 3.8) is 0 Å². The predicted molar refractivity (Wildman–Crippen MR) is 70.9 cm³/mol. The molecule has 1 aromatic rings. The normalized spacial score (nSPS) is 18.5. The molecule has 0 aromatic heterocycles. The first-order chi connectivity index (χ1) is 9.33. The van der Waals surface area contributed by atoms with Crippen LogP contribution in [0.15, 0.2) is 18.2 Å². The van der Waals surface area contributed by atoms with Crippen molar-refractivity contribution in [1.29, 1.82) is 0 Å². The molecule has 4 heteroatoms. The molecule has 0 radical (unpaired) electrons. The van der Waals surface area contributed by atoms with Crippen molar-refractivity contribution in [1.82, 2.24) is 0 Å². The summed E-state index contributed by atoms with van der Waals surface area (Å²) in [6.45, 7) is 3.64. The van der Waals surface area contributed by atoms with Crippen LogP contribution in [0.3, 0.4) is 0 Å². The number of hydrogen-bond donors (Lipinski definition) is 1. The minimum absolute atomic E-state index is 0.205. The summed E-state index contributed by atoms with van der Waals surface area (Å²) in [5.41, 5.74) is 0.737. The number of carbonyl (C=O) groups is 1. The van der Waals surface area contributed by atoms with E-state index in [4.69, 9.17) is 9.47 Å². The first kappa shape index (κ1) is 12.5. The quantitative estimate of drug-likeness (QED) is 0.825. The zero-order valence-corrected chi connectivity index (χ0v) is 11.1. The zero-order valence-electron chi connectivity index (χ0n) is 11.1. The second-order valence-corrected chi connectivity index (χ2v) is 5.30. The van der Waals surface area contributed by atoms with Gasteiger partial charge in [0.2, 0.25) is 6.79 Å². The van der Waals surface area contributed by atoms with Crippen molar-refractivity contribution in [3.05, 3.63) is 23.8 Å². The lowest BCUT2D eigenvalue weighted by molar-refractivity contribution is -0.904. The van der Waals surface area contributed by atoms with Gasteiger partial charge in [0.1, 0.15) is 0 Å². The molecule has 19 heavy (non-hydrogen) atoms. The number of ether oxygens (including phenoxy) is 2. The van der Waals surface area contributed by atoms with Gasteiger partial charge in [-0.1, -0.05) is 0 Å². The van der Waals surface area contributed by atoms with Crippen LogP contribution in [0.1, 0.15) is 36.0 Å². The van der Waals surface area contributed by atoms with Gasteiger partial charge in [0, 0.05) is 5.56 Å². The molecule has 0 atom stereocenters. The Morgan fingerprint density at radius 3 is 2.74 bits per heavy atom. The van der Waals surface area contributed by atoms with E-state index in [1.165, 1.54) is 32.4 Å². The third-order valence-electron chi connectivity index (χ3n) is 3.96. The number of nitrogens with one attached hydrogen (secondary N) is 1. The third-order valence-corrected chi connectivity index (χ3v) is 3.96. The summed E-state index contributed by atoms with van der Waals surface area (Å²) in [5.74, 6) is 1.63. The molecule has 0 bridgehead atoms. The van der Waals surface area contributed by atoms with Gasteiger partial charge in [0.05, 0.1) is 26.1 Å². The first-order valence-corrected chi connectivity index (χ1v) is 7.09. The van der Waals surface area contributed by atoms with E-state index < -0.39 is 0 Å². The molecule has 1 N–H and O–H groups in total. The van der Waals surface area contributed by atoms with Gasteiger partial charge in [-0.15, -0.1) is 0 Å². The van der Waals surface area contributed by atoms with Gasteiger partial charge in [-0.3, -0.25) is 4.79 Å². The first-order valence-electron chi connectivity index (χ1n) is 7.09. The summed E-state index contributed by atoms with van der Waals surface area (Å²) < 4.78 is 10.6. The van der Waals surface area contributed by atoms with E-state index >= 15 is 0 Å². The van der Waals surface area contributed by atoms with Crippen LogP contribution in [-0.2, 0) is 0 Å². The van der Waals surface area contributed by atoms with Crippen LogP contribution in [0.4, 0.5) is 0 Å². The van der Waals surface area contributed by atoms with E-state index in [0.29, 0.717) is 12.2 Å². The Kier molecular flexibility index (Phi) is 3.69. The van der Waals surface area contributed by atoms with Gasteiger partial charge in [-0.05, 0) is 37.5 Å². The van der Waals surface area contributed by atoms with Gasteiger partial charge < -0.3 is 14.4 Å². The Labute approximate surface area is 113 Å². The lowest BCUT2D eigenvalue weighted by Crippen LogP contribution is -3.12. The number of ketones is 1. The molecule has 1 saturated heterocycles. The average Bonchev–Trinajstić information content (AvgIpc) is 2.93. The van der Waals surface area contributed by atoms with Gasteiger partial charge >= 0.3 is 0 Å². The predicted octanol–water partition coefficient (Wildman–Crippen LogP) is 1.06. The molecule has 0 aliphatic carbocycles. The van der Waals surface area contributed by atoms with E-state index in [1.807, 2.05) is 12.1 Å². The highest BCUT2D eigenvalue weighted by molar-refractivity contribution is 5.96. The summed E-state index contributed by atoms with van der Waals surface area (Å²) in [7, 11) is 0. The van der Waals surface area contributed by atoms with Crippen LogP contribution in [0.5, 0.6) is 11.5 Å². The number of quaternary nitrogens is 1. The molecule has 0 amide bonds. The number of Topliss-reactive ketones (excluding diaryl/α,β-unsaturated/α-hetero) is 1. The maximum atomic E-state index is 12.2. The zero-order chi connectivity index (χ0) is 13.1. The molecular weight excluding hydrogens is 242 g/mol. The summed E-state index contributed by atoms with van der Waals surface area (Å²) in [4.78, 5) is 13.7. The number of piperidine rings is 1. The van der Waals surface area contributed by atoms with Crippen LogP contribution >= 0.6 is 0 Å². The van der Waals surface area contributed by atoms with Gasteiger partial charge in [0.25, 0.3) is 0 Å². The molecule has 2 aliphatic rings. The number of likely N-dealkylation sites (tertiary alicyclic amines) is 1. The van der Waals surface area contributed by atoms with Crippen LogP contribution < -0.4 is 14.4 Å². The topological polar surface area (TPSA) is 40.0 Å². The monoisotopic (exact) mass is 262 g/mol. The van der Waals surface area contributed by atoms with E-state index in [9.17, 15) is 4.79 Å². The van der Waals surface area contributed by atoms with Gasteiger partial charge in [-0.25, -0.2) is 0 Å². The molecule has 0 saturated carbocycles. The van der Waals surface area contributed by atoms with E-state index in [0.717, 1.165) is 17.9 Å². The highest BCUT2D eigenvalue weighted by Gasteiger charge is 2.18. The third kappa shape index (κ3) is 2.89. The van der Waals surface area contributed by atoms with Crippen molar-refractivity contribution in [3.8, 4) is 11.5 Å². The van der Waals surface area contributed by atoms with E-state index in [2.05, 4.69) is 0 Å². The summed E-state index contributed by atoms with van der Waals surface area (Å²) >= 11 is 0. The summed E-state index contributed by atoms with van der Waals surface area (Å²) in [6.07, 6.45) is 4.57. The lowest BCUT2D eigenvalue weighted by atomic mass is 10.1. The van der Waals surface area contributed by atoms with Crippen molar-refractivity contribution in [2.24, 2.45) is 0 Å². The lowest BCUT2D eigenvalue weighted by Gasteiger charge is -2.23. The fourth-order valence-electron chi connectivity index (χ4n) is 2.81. The fourth-order valence-corrected chi connectivity index (χ4v) is 2.81. The minimum atomic E-state index is 0.205. The highest BCUT2D eigenvalue weighted by Crippen LogP contribution is 2.32. The molecule has 2 aliphatic heterocycles. The highest BCUT2D eigenvalue weighted by atomic mass is 16.7. The van der Waals surface area contributed by atoms with E-state index in [-0.39, 0.29) is 12.6 Å². The SMILES string of the molecule is O=C(CC[NH+]1CCCCC1)c1ccc2c(c1)OCO2. The number of rotatable bonds is 4. The van der Waals surface area contributed by atoms with Crippen LogP contribution in [0, 0.1) is 0 Å². The van der Waals surface area contributed by atoms with Crippen molar-refractivity contribution < 1.29 is 19.2 Å². The molecule has 4 nitrogen and oxygen atoms in total.